The van der Waals surface area contributed by atoms with Gasteiger partial charge in [-0.15, -0.1) is 0 Å². The Kier molecular flexibility index (Phi) is 1.89. The van der Waals surface area contributed by atoms with Crippen molar-refractivity contribution >= 4 is 5.69 Å². The molecule has 0 saturated heterocycles. The maximum atomic E-state index is 9.26. The molecule has 0 radical (unpaired) electrons. The summed E-state index contributed by atoms with van der Waals surface area (Å²) in [5.41, 5.74) is 6.86. The Morgan fingerprint density at radius 2 is 2.21 bits per heavy atom. The summed E-state index contributed by atoms with van der Waals surface area (Å²) in [6, 6.07) is 5.08. The summed E-state index contributed by atoms with van der Waals surface area (Å²) in [5.74, 6) is 0.988. The van der Waals surface area contributed by atoms with E-state index in [0.29, 0.717) is 5.69 Å². The third-order valence-electron chi connectivity index (χ3n) is 2.12. The highest BCUT2D eigenvalue weighted by Crippen LogP contribution is 2.22. The van der Waals surface area contributed by atoms with Crippen LogP contribution in [0, 0.1) is 6.92 Å². The molecule has 0 spiro atoms. The molecule has 3 N–H and O–H groups in total. The molecule has 14 heavy (non-hydrogen) atoms. The molecule has 4 heteroatoms. The van der Waals surface area contributed by atoms with Crippen molar-refractivity contribution in [1.82, 2.24) is 9.55 Å². The first-order valence-corrected chi connectivity index (χ1v) is 4.27. The van der Waals surface area contributed by atoms with Gasteiger partial charge in [0.25, 0.3) is 0 Å². The van der Waals surface area contributed by atoms with Crippen molar-refractivity contribution in [2.75, 3.05) is 5.73 Å². The quantitative estimate of drug-likeness (QED) is 0.527. The summed E-state index contributed by atoms with van der Waals surface area (Å²) in [4.78, 5) is 4.10. The summed E-state index contributed by atoms with van der Waals surface area (Å²) in [5, 5.41) is 9.26. The lowest BCUT2D eigenvalue weighted by molar-refractivity contribution is 0.478. The van der Waals surface area contributed by atoms with E-state index in [4.69, 9.17) is 5.73 Å². The van der Waals surface area contributed by atoms with E-state index in [9.17, 15) is 5.11 Å². The SMILES string of the molecule is Cc1nccn1-c1ccc(O)c(N)c1. The van der Waals surface area contributed by atoms with E-state index in [2.05, 4.69) is 4.98 Å². The van der Waals surface area contributed by atoms with E-state index in [0.717, 1.165) is 11.5 Å². The molecule has 0 saturated carbocycles. The molecule has 0 amide bonds. The number of imidazole rings is 1. The molecule has 1 aromatic heterocycles. The van der Waals surface area contributed by atoms with Crippen LogP contribution in [0.15, 0.2) is 30.6 Å². The lowest BCUT2D eigenvalue weighted by Gasteiger charge is -2.06. The van der Waals surface area contributed by atoms with E-state index >= 15 is 0 Å². The number of nitrogens with zero attached hydrogens (tertiary/aromatic N) is 2. The molecule has 72 valence electrons. The third-order valence-corrected chi connectivity index (χ3v) is 2.12. The van der Waals surface area contributed by atoms with Crippen molar-refractivity contribution in [2.24, 2.45) is 0 Å². The Balaban J connectivity index is 2.53. The molecule has 0 aliphatic rings. The summed E-state index contributed by atoms with van der Waals surface area (Å²) in [7, 11) is 0. The number of aryl methyl sites for hydroxylation is 1. The van der Waals surface area contributed by atoms with Gasteiger partial charge in [0.05, 0.1) is 5.69 Å². The number of hydrogen-bond acceptors (Lipinski definition) is 3. The largest absolute Gasteiger partial charge is 0.506 e. The number of nitrogens with two attached hydrogens (primary N) is 1. The average Bonchev–Trinajstić information content (AvgIpc) is 2.57. The number of nitrogen functional groups attached to an aromatic ring is 1. The Labute approximate surface area is 81.6 Å². The highest BCUT2D eigenvalue weighted by Gasteiger charge is 2.02. The number of phenols is 1. The number of phenolic OH excluding ortho intramolecular Hbond substituents is 1. The van der Waals surface area contributed by atoms with Crippen molar-refractivity contribution in [3.05, 3.63) is 36.4 Å². The lowest BCUT2D eigenvalue weighted by atomic mass is 10.2. The fraction of sp³-hybridized carbons (Fsp3) is 0.100. The molecule has 1 aromatic carbocycles. The minimum atomic E-state index is 0.103. The summed E-state index contributed by atoms with van der Waals surface area (Å²) < 4.78 is 1.90. The zero-order valence-corrected chi connectivity index (χ0v) is 7.81. The molecule has 0 unspecified atom stereocenters. The predicted octanol–water partition coefficient (Wildman–Crippen LogP) is 1.47. The van der Waals surface area contributed by atoms with Gasteiger partial charge in [0.1, 0.15) is 11.6 Å². The van der Waals surface area contributed by atoms with E-state index in [-0.39, 0.29) is 5.75 Å². The minimum absolute atomic E-state index is 0.103. The molecule has 1 heterocycles. The number of anilines is 1. The number of aromatic nitrogens is 2. The second-order valence-corrected chi connectivity index (χ2v) is 3.09. The highest BCUT2D eigenvalue weighted by molar-refractivity contribution is 5.57. The zero-order chi connectivity index (χ0) is 10.1. The van der Waals surface area contributed by atoms with Crippen LogP contribution in [-0.4, -0.2) is 14.7 Å². The van der Waals surface area contributed by atoms with Gasteiger partial charge in [0.2, 0.25) is 0 Å². The third kappa shape index (κ3) is 1.31. The number of hydrogen-bond donors (Lipinski definition) is 2. The van der Waals surface area contributed by atoms with Crippen LogP contribution in [-0.2, 0) is 0 Å². The van der Waals surface area contributed by atoms with Gasteiger partial charge in [-0.1, -0.05) is 0 Å². The zero-order valence-electron chi connectivity index (χ0n) is 7.81. The van der Waals surface area contributed by atoms with Crippen LogP contribution < -0.4 is 5.73 Å². The Morgan fingerprint density at radius 1 is 1.43 bits per heavy atom. The maximum absolute atomic E-state index is 9.26. The van der Waals surface area contributed by atoms with Crippen LogP contribution >= 0.6 is 0 Å². The Morgan fingerprint density at radius 3 is 2.79 bits per heavy atom. The first kappa shape index (κ1) is 8.62. The van der Waals surface area contributed by atoms with Crippen molar-refractivity contribution in [1.29, 1.82) is 0 Å². The topological polar surface area (TPSA) is 64.1 Å². The van der Waals surface area contributed by atoms with Crippen LogP contribution in [0.4, 0.5) is 5.69 Å². The Bertz CT molecular complexity index is 462. The van der Waals surface area contributed by atoms with Crippen molar-refractivity contribution in [3.8, 4) is 11.4 Å². The Hall–Kier alpha value is -1.97. The molecule has 0 bridgehead atoms. The van der Waals surface area contributed by atoms with Crippen molar-refractivity contribution < 1.29 is 5.11 Å². The molecule has 0 aliphatic carbocycles. The number of benzene rings is 1. The second kappa shape index (κ2) is 3.06. The van der Waals surface area contributed by atoms with E-state index < -0.39 is 0 Å². The molecule has 2 aromatic rings. The van der Waals surface area contributed by atoms with Gasteiger partial charge in [0.15, 0.2) is 0 Å². The van der Waals surface area contributed by atoms with Crippen molar-refractivity contribution in [2.45, 2.75) is 6.92 Å². The van der Waals surface area contributed by atoms with Crippen LogP contribution in [0.2, 0.25) is 0 Å². The van der Waals surface area contributed by atoms with Gasteiger partial charge in [0, 0.05) is 18.1 Å². The van der Waals surface area contributed by atoms with Crippen LogP contribution in [0.25, 0.3) is 5.69 Å². The molecule has 4 nitrogen and oxygen atoms in total. The van der Waals surface area contributed by atoms with Gasteiger partial charge in [-0.3, -0.25) is 0 Å². The van der Waals surface area contributed by atoms with E-state index in [1.807, 2.05) is 17.7 Å². The predicted molar refractivity (Wildman–Crippen MR) is 54.4 cm³/mol. The fourth-order valence-electron chi connectivity index (χ4n) is 1.34. The van der Waals surface area contributed by atoms with E-state index in [1.54, 1.807) is 24.4 Å². The summed E-state index contributed by atoms with van der Waals surface area (Å²) in [6.07, 6.45) is 3.57. The number of aromatic hydroxyl groups is 1. The standard InChI is InChI=1S/C10H11N3O/c1-7-12-4-5-13(7)8-2-3-10(14)9(11)6-8/h2-6,14H,11H2,1H3. The molecule has 0 fully saturated rings. The second-order valence-electron chi connectivity index (χ2n) is 3.09. The normalized spacial score (nSPS) is 10.4. The van der Waals surface area contributed by atoms with Crippen molar-refractivity contribution in [3.63, 3.8) is 0 Å². The molecule has 0 aliphatic heterocycles. The number of rotatable bonds is 1. The van der Waals surface area contributed by atoms with Gasteiger partial charge >= 0.3 is 0 Å². The van der Waals surface area contributed by atoms with Gasteiger partial charge in [-0.05, 0) is 25.1 Å². The summed E-state index contributed by atoms with van der Waals surface area (Å²) >= 11 is 0. The summed E-state index contributed by atoms with van der Waals surface area (Å²) in [6.45, 7) is 1.91. The van der Waals surface area contributed by atoms with Crippen LogP contribution in [0.5, 0.6) is 5.75 Å². The highest BCUT2D eigenvalue weighted by atomic mass is 16.3. The van der Waals surface area contributed by atoms with Crippen LogP contribution in [0.1, 0.15) is 5.82 Å². The molecular formula is C10H11N3O. The van der Waals surface area contributed by atoms with Gasteiger partial charge in [-0.2, -0.15) is 0 Å². The van der Waals surface area contributed by atoms with Gasteiger partial charge < -0.3 is 15.4 Å². The lowest BCUT2D eigenvalue weighted by Crippen LogP contribution is -1.96. The first-order valence-electron chi connectivity index (χ1n) is 4.27. The molecule has 0 atom stereocenters. The monoisotopic (exact) mass is 189 g/mol. The average molecular weight is 189 g/mol. The van der Waals surface area contributed by atoms with Crippen LogP contribution in [0.3, 0.4) is 0 Å². The smallest absolute Gasteiger partial charge is 0.138 e. The molecular weight excluding hydrogens is 178 g/mol. The minimum Gasteiger partial charge on any atom is -0.506 e. The van der Waals surface area contributed by atoms with E-state index in [1.165, 1.54) is 0 Å². The van der Waals surface area contributed by atoms with Gasteiger partial charge in [-0.25, -0.2) is 4.98 Å². The first-order chi connectivity index (χ1) is 6.68. The fourth-order valence-corrected chi connectivity index (χ4v) is 1.34. The molecule has 2 rings (SSSR count). The maximum Gasteiger partial charge on any atom is 0.138 e.